The maximum Gasteiger partial charge on any atom is 0.287 e. The van der Waals surface area contributed by atoms with Gasteiger partial charge in [0.2, 0.25) is 0 Å². The van der Waals surface area contributed by atoms with Gasteiger partial charge in [-0.2, -0.15) is 5.10 Å². The van der Waals surface area contributed by atoms with Crippen molar-refractivity contribution in [2.24, 2.45) is 0 Å². The van der Waals surface area contributed by atoms with Gasteiger partial charge in [-0.25, -0.2) is 4.68 Å². The molecule has 1 aliphatic heterocycles. The Morgan fingerprint density at radius 3 is 2.90 bits per heavy atom. The SMILES string of the molecule is CCN(CC1CCCCN1)c1cnn(CC)c(=O)c1Cl. The van der Waals surface area contributed by atoms with Crippen molar-refractivity contribution in [3.63, 3.8) is 0 Å². The molecule has 112 valence electrons. The maximum absolute atomic E-state index is 12.1. The number of nitrogens with zero attached hydrogens (tertiary/aromatic N) is 3. The Labute approximate surface area is 124 Å². The van der Waals surface area contributed by atoms with Gasteiger partial charge < -0.3 is 10.2 Å². The molecule has 1 aromatic heterocycles. The van der Waals surface area contributed by atoms with Crippen LogP contribution in [-0.2, 0) is 6.54 Å². The van der Waals surface area contributed by atoms with Crippen LogP contribution in [-0.4, -0.2) is 35.5 Å². The Hall–Kier alpha value is -1.07. The molecule has 0 saturated carbocycles. The van der Waals surface area contributed by atoms with Gasteiger partial charge in [-0.05, 0) is 33.2 Å². The van der Waals surface area contributed by atoms with Gasteiger partial charge in [0.25, 0.3) is 5.56 Å². The second-order valence-corrected chi connectivity index (χ2v) is 5.53. The average Bonchev–Trinajstić information content (AvgIpc) is 2.49. The molecule has 1 atom stereocenters. The smallest absolute Gasteiger partial charge is 0.287 e. The number of aryl methyl sites for hydroxylation is 1. The first-order valence-electron chi connectivity index (χ1n) is 7.41. The van der Waals surface area contributed by atoms with Crippen molar-refractivity contribution in [3.05, 3.63) is 21.6 Å². The largest absolute Gasteiger partial charge is 0.368 e. The number of likely N-dealkylation sites (N-methyl/N-ethyl adjacent to an activating group) is 1. The second kappa shape index (κ2) is 7.09. The molecular weight excluding hydrogens is 276 g/mol. The molecule has 20 heavy (non-hydrogen) atoms. The molecule has 0 amide bonds. The van der Waals surface area contributed by atoms with Crippen LogP contribution < -0.4 is 15.8 Å². The molecule has 2 heterocycles. The lowest BCUT2D eigenvalue weighted by atomic mass is 10.0. The standard InChI is InChI=1S/C14H23ClN4O/c1-3-18(10-11-7-5-6-8-16-11)12-9-17-19(4-2)14(20)13(12)15/h9,11,16H,3-8,10H2,1-2H3. The van der Waals surface area contributed by atoms with Gasteiger partial charge in [-0.1, -0.05) is 18.0 Å². The normalized spacial score (nSPS) is 19.1. The van der Waals surface area contributed by atoms with E-state index in [0.717, 1.165) is 25.3 Å². The summed E-state index contributed by atoms with van der Waals surface area (Å²) in [5, 5.41) is 7.98. The summed E-state index contributed by atoms with van der Waals surface area (Å²) in [5.41, 5.74) is 0.540. The highest BCUT2D eigenvalue weighted by Crippen LogP contribution is 2.22. The molecular formula is C14H23ClN4O. The predicted octanol–water partition coefficient (Wildman–Crippen LogP) is 1.88. The molecule has 1 aliphatic rings. The van der Waals surface area contributed by atoms with Crippen LogP contribution in [0.3, 0.4) is 0 Å². The van der Waals surface area contributed by atoms with E-state index in [1.165, 1.54) is 23.9 Å². The van der Waals surface area contributed by atoms with Crippen molar-refractivity contribution >= 4 is 17.3 Å². The molecule has 0 aliphatic carbocycles. The number of nitrogens with one attached hydrogen (secondary N) is 1. The molecule has 6 heteroatoms. The van der Waals surface area contributed by atoms with Crippen LogP contribution in [0.2, 0.25) is 5.02 Å². The van der Waals surface area contributed by atoms with Crippen molar-refractivity contribution in [3.8, 4) is 0 Å². The Balaban J connectivity index is 2.18. The highest BCUT2D eigenvalue weighted by Gasteiger charge is 2.19. The third-order valence-corrected chi connectivity index (χ3v) is 4.20. The number of piperidine rings is 1. The number of hydrogen-bond donors (Lipinski definition) is 1. The average molecular weight is 299 g/mol. The zero-order valence-electron chi connectivity index (χ0n) is 12.2. The number of hydrogen-bond acceptors (Lipinski definition) is 4. The van der Waals surface area contributed by atoms with Crippen molar-refractivity contribution in [2.45, 2.75) is 45.7 Å². The van der Waals surface area contributed by atoms with E-state index in [1.807, 2.05) is 6.92 Å². The van der Waals surface area contributed by atoms with Crippen LogP contribution in [0.15, 0.2) is 11.0 Å². The summed E-state index contributed by atoms with van der Waals surface area (Å²) in [6, 6.07) is 0.466. The summed E-state index contributed by atoms with van der Waals surface area (Å²) >= 11 is 6.23. The van der Waals surface area contributed by atoms with Gasteiger partial charge in [-0.15, -0.1) is 0 Å². The van der Waals surface area contributed by atoms with Gasteiger partial charge in [0, 0.05) is 25.7 Å². The minimum Gasteiger partial charge on any atom is -0.368 e. The number of rotatable bonds is 5. The third-order valence-electron chi connectivity index (χ3n) is 3.84. The van der Waals surface area contributed by atoms with Crippen LogP contribution in [0, 0.1) is 0 Å². The summed E-state index contributed by atoms with van der Waals surface area (Å²) in [6.45, 7) is 7.25. The van der Waals surface area contributed by atoms with Crippen molar-refractivity contribution in [2.75, 3.05) is 24.5 Å². The lowest BCUT2D eigenvalue weighted by molar-refractivity contribution is 0.400. The molecule has 0 radical (unpaired) electrons. The minimum atomic E-state index is -0.207. The molecule has 5 nitrogen and oxygen atoms in total. The van der Waals surface area contributed by atoms with E-state index in [0.29, 0.717) is 12.6 Å². The summed E-state index contributed by atoms with van der Waals surface area (Å²) in [6.07, 6.45) is 5.39. The topological polar surface area (TPSA) is 50.2 Å². The van der Waals surface area contributed by atoms with Gasteiger partial charge in [0.05, 0.1) is 11.9 Å². The van der Waals surface area contributed by atoms with Crippen molar-refractivity contribution in [1.29, 1.82) is 0 Å². The molecule has 0 spiro atoms. The first-order chi connectivity index (χ1) is 9.67. The first-order valence-corrected chi connectivity index (χ1v) is 7.79. The zero-order chi connectivity index (χ0) is 14.5. The lowest BCUT2D eigenvalue weighted by Gasteiger charge is -2.31. The minimum absolute atomic E-state index is 0.207. The first kappa shape index (κ1) is 15.3. The van der Waals surface area contributed by atoms with Gasteiger partial charge in [0.1, 0.15) is 5.02 Å². The number of aromatic nitrogens is 2. The van der Waals surface area contributed by atoms with Crippen LogP contribution in [0.1, 0.15) is 33.1 Å². The molecule has 2 rings (SSSR count). The Kier molecular flexibility index (Phi) is 5.43. The van der Waals surface area contributed by atoms with Gasteiger partial charge >= 0.3 is 0 Å². The van der Waals surface area contributed by atoms with Crippen LogP contribution in [0.5, 0.6) is 0 Å². The number of halogens is 1. The molecule has 0 aromatic carbocycles. The lowest BCUT2D eigenvalue weighted by Crippen LogP contribution is -2.44. The van der Waals surface area contributed by atoms with Crippen LogP contribution >= 0.6 is 11.6 Å². The fraction of sp³-hybridized carbons (Fsp3) is 0.714. The Morgan fingerprint density at radius 2 is 2.30 bits per heavy atom. The van der Waals surface area contributed by atoms with Gasteiger partial charge in [0.15, 0.2) is 0 Å². The molecule has 1 N–H and O–H groups in total. The molecule has 1 saturated heterocycles. The second-order valence-electron chi connectivity index (χ2n) is 5.15. The predicted molar refractivity (Wildman–Crippen MR) is 82.7 cm³/mol. The van der Waals surface area contributed by atoms with Crippen molar-refractivity contribution in [1.82, 2.24) is 15.1 Å². The Bertz CT molecular complexity index is 496. The van der Waals surface area contributed by atoms with Crippen molar-refractivity contribution < 1.29 is 0 Å². The fourth-order valence-corrected chi connectivity index (χ4v) is 2.91. The highest BCUT2D eigenvalue weighted by atomic mass is 35.5. The number of anilines is 1. The van der Waals surface area contributed by atoms with E-state index >= 15 is 0 Å². The quantitative estimate of drug-likeness (QED) is 0.902. The zero-order valence-corrected chi connectivity index (χ0v) is 13.0. The van der Waals surface area contributed by atoms with E-state index in [1.54, 1.807) is 6.20 Å². The molecule has 1 unspecified atom stereocenters. The summed E-state index contributed by atoms with van der Waals surface area (Å²) < 4.78 is 1.39. The monoisotopic (exact) mass is 298 g/mol. The van der Waals surface area contributed by atoms with E-state index in [4.69, 9.17) is 11.6 Å². The molecule has 0 bridgehead atoms. The summed E-state index contributed by atoms with van der Waals surface area (Å²) in [5.74, 6) is 0. The van der Waals surface area contributed by atoms with E-state index < -0.39 is 0 Å². The summed E-state index contributed by atoms with van der Waals surface area (Å²) in [7, 11) is 0. The van der Waals surface area contributed by atoms with E-state index in [2.05, 4.69) is 22.2 Å². The third kappa shape index (κ3) is 3.33. The Morgan fingerprint density at radius 1 is 1.50 bits per heavy atom. The van der Waals surface area contributed by atoms with Crippen LogP contribution in [0.25, 0.3) is 0 Å². The maximum atomic E-state index is 12.1. The van der Waals surface area contributed by atoms with E-state index in [-0.39, 0.29) is 10.6 Å². The fourth-order valence-electron chi connectivity index (χ4n) is 2.65. The molecule has 1 aromatic rings. The summed E-state index contributed by atoms with van der Waals surface area (Å²) in [4.78, 5) is 14.2. The van der Waals surface area contributed by atoms with Gasteiger partial charge in [-0.3, -0.25) is 4.79 Å². The molecule has 1 fully saturated rings. The highest BCUT2D eigenvalue weighted by molar-refractivity contribution is 6.33. The van der Waals surface area contributed by atoms with Crippen LogP contribution in [0.4, 0.5) is 5.69 Å². The van der Waals surface area contributed by atoms with E-state index in [9.17, 15) is 4.79 Å².